The smallest absolute Gasteiger partial charge is 0.0543 e. The van der Waals surface area contributed by atoms with Crippen molar-refractivity contribution < 1.29 is 5.11 Å². The highest BCUT2D eigenvalue weighted by Crippen LogP contribution is 2.66. The Labute approximate surface area is 174 Å². The second-order valence-electron chi connectivity index (χ2n) is 11.7. The Kier molecular flexibility index (Phi) is 5.62. The third-order valence-corrected chi connectivity index (χ3v) is 9.99. The Morgan fingerprint density at radius 1 is 1.11 bits per heavy atom. The van der Waals surface area contributed by atoms with Crippen molar-refractivity contribution in [2.45, 2.75) is 105 Å². The fourth-order valence-electron chi connectivity index (χ4n) is 8.30. The van der Waals surface area contributed by atoms with Gasteiger partial charge in [-0.05, 0) is 118 Å². The highest BCUT2D eigenvalue weighted by molar-refractivity contribution is 5.27. The van der Waals surface area contributed by atoms with E-state index >= 15 is 0 Å². The zero-order valence-corrected chi connectivity index (χ0v) is 19.1. The molecule has 4 rings (SSSR count). The van der Waals surface area contributed by atoms with E-state index in [1.807, 2.05) is 5.57 Å². The average molecular weight is 385 g/mol. The van der Waals surface area contributed by atoms with Crippen molar-refractivity contribution in [3.05, 3.63) is 23.3 Å². The first-order chi connectivity index (χ1) is 13.3. The molecule has 0 saturated heterocycles. The second kappa shape index (κ2) is 7.60. The maximum atomic E-state index is 10.2. The van der Waals surface area contributed by atoms with Gasteiger partial charge in [-0.15, -0.1) is 0 Å². The summed E-state index contributed by atoms with van der Waals surface area (Å²) >= 11 is 0. The molecule has 4 aliphatic carbocycles. The zero-order chi connectivity index (χ0) is 20.1. The molecule has 28 heavy (non-hydrogen) atoms. The van der Waals surface area contributed by atoms with Gasteiger partial charge in [0.2, 0.25) is 0 Å². The quantitative estimate of drug-likeness (QED) is 0.504. The van der Waals surface area contributed by atoms with Gasteiger partial charge >= 0.3 is 0 Å². The summed E-state index contributed by atoms with van der Waals surface area (Å²) in [5, 5.41) is 10.2. The zero-order valence-electron chi connectivity index (χ0n) is 19.1. The van der Waals surface area contributed by atoms with Crippen molar-refractivity contribution in [1.29, 1.82) is 0 Å². The largest absolute Gasteiger partial charge is 0.393 e. The summed E-state index contributed by atoms with van der Waals surface area (Å²) < 4.78 is 0. The van der Waals surface area contributed by atoms with Crippen LogP contribution in [0, 0.1) is 40.4 Å². The molecular weight excluding hydrogens is 340 g/mol. The molecule has 0 bridgehead atoms. The van der Waals surface area contributed by atoms with Crippen LogP contribution in [0.4, 0.5) is 0 Å². The standard InChI is InChI=1S/C27H44O/c1-18(2)7-6-8-19(3)23-11-12-24-22-10-9-20-17-21(28)13-15-26(20,4)25(22)14-16-27(23,24)5/h7,10,19-21,23-25,28H,6,8-9,11-17H2,1-5H3/t19-,20+,21+,23-,24+,25-,26+,27-/m1/s1. The third-order valence-electron chi connectivity index (χ3n) is 9.99. The Balaban J connectivity index is 1.52. The van der Waals surface area contributed by atoms with Gasteiger partial charge in [0, 0.05) is 0 Å². The van der Waals surface area contributed by atoms with Crippen LogP contribution in [-0.4, -0.2) is 11.2 Å². The van der Waals surface area contributed by atoms with E-state index in [9.17, 15) is 5.11 Å². The van der Waals surface area contributed by atoms with Crippen molar-refractivity contribution >= 4 is 0 Å². The molecule has 0 amide bonds. The fourth-order valence-corrected chi connectivity index (χ4v) is 8.30. The first kappa shape index (κ1) is 20.7. The number of hydrogen-bond donors (Lipinski definition) is 1. The summed E-state index contributed by atoms with van der Waals surface area (Å²) in [6.45, 7) is 12.2. The number of aliphatic hydroxyl groups excluding tert-OH is 1. The van der Waals surface area contributed by atoms with E-state index in [1.54, 1.807) is 0 Å². The highest BCUT2D eigenvalue weighted by atomic mass is 16.3. The number of aliphatic hydroxyl groups is 1. The van der Waals surface area contributed by atoms with Crippen molar-refractivity contribution in [2.75, 3.05) is 0 Å². The van der Waals surface area contributed by atoms with E-state index in [0.717, 1.165) is 42.4 Å². The molecule has 0 aromatic heterocycles. The lowest BCUT2D eigenvalue weighted by molar-refractivity contribution is -0.0426. The maximum absolute atomic E-state index is 10.2. The minimum absolute atomic E-state index is 0.0422. The van der Waals surface area contributed by atoms with Gasteiger partial charge in [-0.1, -0.05) is 44.1 Å². The van der Waals surface area contributed by atoms with Crippen molar-refractivity contribution in [3.63, 3.8) is 0 Å². The van der Waals surface area contributed by atoms with Crippen LogP contribution in [0.25, 0.3) is 0 Å². The summed E-state index contributed by atoms with van der Waals surface area (Å²) in [5.41, 5.74) is 4.32. The van der Waals surface area contributed by atoms with Gasteiger partial charge in [0.05, 0.1) is 6.10 Å². The molecule has 0 heterocycles. The summed E-state index contributed by atoms with van der Waals surface area (Å²) in [6, 6.07) is 0. The number of fused-ring (bicyclic) bond motifs is 5. The number of rotatable bonds is 4. The third kappa shape index (κ3) is 3.34. The highest BCUT2D eigenvalue weighted by Gasteiger charge is 2.58. The molecule has 3 fully saturated rings. The van der Waals surface area contributed by atoms with Gasteiger partial charge < -0.3 is 5.11 Å². The molecule has 0 aromatic rings. The van der Waals surface area contributed by atoms with Gasteiger partial charge in [0.15, 0.2) is 0 Å². The average Bonchev–Trinajstić information content (AvgIpc) is 2.99. The normalized spacial score (nSPS) is 46.1. The molecule has 1 nitrogen and oxygen atoms in total. The molecule has 8 atom stereocenters. The molecule has 3 saturated carbocycles. The van der Waals surface area contributed by atoms with Crippen LogP contribution >= 0.6 is 0 Å². The number of allylic oxidation sites excluding steroid dienone is 4. The van der Waals surface area contributed by atoms with E-state index in [1.165, 1.54) is 56.9 Å². The predicted molar refractivity (Wildman–Crippen MR) is 119 cm³/mol. The summed E-state index contributed by atoms with van der Waals surface area (Å²) in [4.78, 5) is 0. The summed E-state index contributed by atoms with van der Waals surface area (Å²) in [6.07, 6.45) is 17.9. The lowest BCUT2D eigenvalue weighted by atomic mass is 9.47. The summed E-state index contributed by atoms with van der Waals surface area (Å²) in [7, 11) is 0. The monoisotopic (exact) mass is 384 g/mol. The van der Waals surface area contributed by atoms with Gasteiger partial charge in [-0.3, -0.25) is 0 Å². The SMILES string of the molecule is CC(C)=CCC[C@@H](C)[C@H]1CC[C@H]2C3=CC[C@H]4C[C@@H](O)CC[C@]4(C)[C@@H]3CC[C@]12C. The minimum Gasteiger partial charge on any atom is -0.393 e. The molecule has 1 heteroatoms. The van der Waals surface area contributed by atoms with Gasteiger partial charge in [-0.25, -0.2) is 0 Å². The van der Waals surface area contributed by atoms with Crippen molar-refractivity contribution in [1.82, 2.24) is 0 Å². The first-order valence-electron chi connectivity index (χ1n) is 12.3. The van der Waals surface area contributed by atoms with E-state index in [4.69, 9.17) is 0 Å². The fraction of sp³-hybridized carbons (Fsp3) is 0.852. The molecule has 0 radical (unpaired) electrons. The van der Waals surface area contributed by atoms with Crippen molar-refractivity contribution in [2.24, 2.45) is 40.4 Å². The molecule has 0 aromatic carbocycles. The van der Waals surface area contributed by atoms with Crippen LogP contribution in [0.2, 0.25) is 0 Å². The first-order valence-corrected chi connectivity index (χ1v) is 12.3. The molecule has 1 N–H and O–H groups in total. The van der Waals surface area contributed by atoms with Gasteiger partial charge in [0.25, 0.3) is 0 Å². The molecule has 0 aliphatic heterocycles. The molecule has 0 unspecified atom stereocenters. The topological polar surface area (TPSA) is 20.2 Å². The molecule has 158 valence electrons. The Morgan fingerprint density at radius 2 is 1.82 bits per heavy atom. The second-order valence-corrected chi connectivity index (χ2v) is 11.7. The van der Waals surface area contributed by atoms with Crippen LogP contribution in [0.1, 0.15) is 98.8 Å². The molecule has 4 aliphatic rings. The lowest BCUT2D eigenvalue weighted by Crippen LogP contribution is -2.49. The molecular formula is C27H44O. The van der Waals surface area contributed by atoms with E-state index in [0.29, 0.717) is 10.8 Å². The molecule has 0 spiro atoms. The van der Waals surface area contributed by atoms with Gasteiger partial charge in [-0.2, -0.15) is 0 Å². The summed E-state index contributed by atoms with van der Waals surface area (Å²) in [5.74, 6) is 4.11. The van der Waals surface area contributed by atoms with Crippen LogP contribution in [0.15, 0.2) is 23.3 Å². The maximum Gasteiger partial charge on any atom is 0.0543 e. The number of hydrogen-bond acceptors (Lipinski definition) is 1. The predicted octanol–water partition coefficient (Wildman–Crippen LogP) is 7.31. The van der Waals surface area contributed by atoms with E-state index < -0.39 is 0 Å². The Hall–Kier alpha value is -0.560. The lowest BCUT2D eigenvalue weighted by Gasteiger charge is -2.57. The van der Waals surface area contributed by atoms with Crippen LogP contribution in [-0.2, 0) is 0 Å². The van der Waals surface area contributed by atoms with Gasteiger partial charge in [0.1, 0.15) is 0 Å². The van der Waals surface area contributed by atoms with E-state index in [2.05, 4.69) is 46.8 Å². The Morgan fingerprint density at radius 3 is 2.57 bits per heavy atom. The minimum atomic E-state index is -0.0422. The van der Waals surface area contributed by atoms with Crippen molar-refractivity contribution in [3.8, 4) is 0 Å². The van der Waals surface area contributed by atoms with E-state index in [-0.39, 0.29) is 6.10 Å². The van der Waals surface area contributed by atoms with Crippen LogP contribution in [0.3, 0.4) is 0 Å². The van der Waals surface area contributed by atoms with Crippen LogP contribution in [0.5, 0.6) is 0 Å². The van der Waals surface area contributed by atoms with Crippen LogP contribution < -0.4 is 0 Å². The Bertz CT molecular complexity index is 641.